The summed E-state index contributed by atoms with van der Waals surface area (Å²) in [5.41, 5.74) is 2.36. The maximum Gasteiger partial charge on any atom is 0.257 e. The molecule has 120 valence electrons. The third-order valence-electron chi connectivity index (χ3n) is 4.05. The Bertz CT molecular complexity index is 749. The van der Waals surface area contributed by atoms with Crippen LogP contribution in [0.4, 0.5) is 10.2 Å². The number of nitrogens with one attached hydrogen (secondary N) is 1. The van der Waals surface area contributed by atoms with E-state index in [1.54, 1.807) is 36.3 Å². The van der Waals surface area contributed by atoms with Crippen LogP contribution in [0.25, 0.3) is 0 Å². The van der Waals surface area contributed by atoms with E-state index in [-0.39, 0.29) is 11.7 Å². The van der Waals surface area contributed by atoms with Gasteiger partial charge >= 0.3 is 0 Å². The predicted molar refractivity (Wildman–Crippen MR) is 85.2 cm³/mol. The van der Waals surface area contributed by atoms with Crippen LogP contribution in [-0.4, -0.2) is 36.5 Å². The van der Waals surface area contributed by atoms with Crippen molar-refractivity contribution in [3.05, 3.63) is 53.0 Å². The van der Waals surface area contributed by atoms with Crippen molar-refractivity contribution in [2.75, 3.05) is 26.0 Å². The maximum absolute atomic E-state index is 13.9. The van der Waals surface area contributed by atoms with Gasteiger partial charge in [0.05, 0.1) is 12.7 Å². The lowest BCUT2D eigenvalue weighted by Gasteiger charge is -2.29. The Morgan fingerprint density at radius 1 is 1.39 bits per heavy atom. The molecule has 0 fully saturated rings. The van der Waals surface area contributed by atoms with Crippen LogP contribution in [0.2, 0.25) is 0 Å². The van der Waals surface area contributed by atoms with Crippen LogP contribution >= 0.6 is 0 Å². The lowest BCUT2D eigenvalue weighted by molar-refractivity contribution is 0.0735. The number of pyridine rings is 1. The van der Waals surface area contributed by atoms with Crippen LogP contribution in [0.3, 0.4) is 0 Å². The molecule has 2 aromatic rings. The monoisotopic (exact) mass is 315 g/mol. The second kappa shape index (κ2) is 6.24. The second-order valence-electron chi connectivity index (χ2n) is 5.38. The van der Waals surface area contributed by atoms with Gasteiger partial charge in [-0.2, -0.15) is 0 Å². The highest BCUT2D eigenvalue weighted by atomic mass is 19.1. The molecule has 1 amide bonds. The molecule has 0 bridgehead atoms. The average Bonchev–Trinajstić information content (AvgIpc) is 2.59. The Labute approximate surface area is 134 Å². The fourth-order valence-corrected chi connectivity index (χ4v) is 2.83. The summed E-state index contributed by atoms with van der Waals surface area (Å²) < 4.78 is 18.9. The Balaban J connectivity index is 1.87. The van der Waals surface area contributed by atoms with Gasteiger partial charge < -0.3 is 15.0 Å². The minimum Gasteiger partial charge on any atom is -0.494 e. The van der Waals surface area contributed by atoms with Crippen molar-refractivity contribution in [3.8, 4) is 5.75 Å². The Hall–Kier alpha value is -2.63. The minimum atomic E-state index is -0.405. The summed E-state index contributed by atoms with van der Waals surface area (Å²) >= 11 is 0. The molecule has 0 saturated carbocycles. The molecular weight excluding hydrogens is 297 g/mol. The molecule has 0 saturated heterocycles. The zero-order valence-electron chi connectivity index (χ0n) is 13.1. The van der Waals surface area contributed by atoms with E-state index in [1.165, 1.54) is 13.2 Å². The van der Waals surface area contributed by atoms with Crippen LogP contribution in [-0.2, 0) is 13.0 Å². The maximum atomic E-state index is 13.9. The molecule has 2 heterocycles. The van der Waals surface area contributed by atoms with Gasteiger partial charge in [0.25, 0.3) is 5.91 Å². The molecule has 1 aliphatic rings. The molecule has 1 N–H and O–H groups in total. The van der Waals surface area contributed by atoms with Gasteiger partial charge in [-0.15, -0.1) is 0 Å². The number of carbonyl (C=O) groups excluding carboxylic acids is 1. The zero-order valence-corrected chi connectivity index (χ0v) is 13.1. The highest BCUT2D eigenvalue weighted by Gasteiger charge is 2.25. The van der Waals surface area contributed by atoms with Gasteiger partial charge in [-0.1, -0.05) is 0 Å². The summed E-state index contributed by atoms with van der Waals surface area (Å²) in [6, 6.07) is 6.65. The van der Waals surface area contributed by atoms with E-state index in [0.717, 1.165) is 11.1 Å². The van der Waals surface area contributed by atoms with Gasteiger partial charge in [-0.25, -0.2) is 9.37 Å². The van der Waals surface area contributed by atoms with Crippen molar-refractivity contribution >= 4 is 11.7 Å². The van der Waals surface area contributed by atoms with E-state index >= 15 is 0 Å². The van der Waals surface area contributed by atoms with E-state index < -0.39 is 5.82 Å². The Morgan fingerprint density at radius 2 is 2.22 bits per heavy atom. The van der Waals surface area contributed by atoms with Crippen molar-refractivity contribution in [3.63, 3.8) is 0 Å². The van der Waals surface area contributed by atoms with Crippen LogP contribution in [0.5, 0.6) is 5.75 Å². The van der Waals surface area contributed by atoms with E-state index in [0.29, 0.717) is 30.9 Å². The lowest BCUT2D eigenvalue weighted by atomic mass is 9.98. The first-order valence-corrected chi connectivity index (χ1v) is 7.41. The first kappa shape index (κ1) is 15.3. The summed E-state index contributed by atoms with van der Waals surface area (Å²) in [4.78, 5) is 18.6. The summed E-state index contributed by atoms with van der Waals surface area (Å²) in [5.74, 6) is 0.277. The molecule has 3 rings (SSSR count). The van der Waals surface area contributed by atoms with Gasteiger partial charge in [-0.3, -0.25) is 4.79 Å². The SMILES string of the molecule is CNc1ncccc1C(=O)N1CCc2cc(OC)c(F)cc2C1. The van der Waals surface area contributed by atoms with Gasteiger partial charge in [0.15, 0.2) is 11.6 Å². The second-order valence-corrected chi connectivity index (χ2v) is 5.38. The molecule has 1 aromatic carbocycles. The number of halogens is 1. The number of benzene rings is 1. The molecule has 0 unspecified atom stereocenters. The van der Waals surface area contributed by atoms with Gasteiger partial charge in [0.2, 0.25) is 0 Å². The van der Waals surface area contributed by atoms with Crippen molar-refractivity contribution < 1.29 is 13.9 Å². The predicted octanol–water partition coefficient (Wildman–Crippen LogP) is 2.47. The molecule has 0 aliphatic carbocycles. The Kier molecular flexibility index (Phi) is 4.14. The molecule has 23 heavy (non-hydrogen) atoms. The van der Waals surface area contributed by atoms with Gasteiger partial charge in [0.1, 0.15) is 5.82 Å². The van der Waals surface area contributed by atoms with Crippen molar-refractivity contribution in [2.24, 2.45) is 0 Å². The molecule has 0 atom stereocenters. The van der Waals surface area contributed by atoms with Crippen LogP contribution in [0.1, 0.15) is 21.5 Å². The smallest absolute Gasteiger partial charge is 0.257 e. The number of methoxy groups -OCH3 is 1. The molecular formula is C17H18FN3O2. The first-order valence-electron chi connectivity index (χ1n) is 7.41. The summed E-state index contributed by atoms with van der Waals surface area (Å²) in [6.45, 7) is 0.964. The largest absolute Gasteiger partial charge is 0.494 e. The van der Waals surface area contributed by atoms with E-state index in [9.17, 15) is 9.18 Å². The summed E-state index contributed by atoms with van der Waals surface area (Å²) in [7, 11) is 3.18. The van der Waals surface area contributed by atoms with Crippen molar-refractivity contribution in [2.45, 2.75) is 13.0 Å². The van der Waals surface area contributed by atoms with E-state index in [1.807, 2.05) is 0 Å². The highest BCUT2D eigenvalue weighted by molar-refractivity contribution is 5.98. The number of anilines is 1. The van der Waals surface area contributed by atoms with Gasteiger partial charge in [0, 0.05) is 26.3 Å². The van der Waals surface area contributed by atoms with Crippen molar-refractivity contribution in [1.82, 2.24) is 9.88 Å². The number of aromatic nitrogens is 1. The lowest BCUT2D eigenvalue weighted by Crippen LogP contribution is -2.36. The van der Waals surface area contributed by atoms with Crippen LogP contribution in [0.15, 0.2) is 30.5 Å². The zero-order chi connectivity index (χ0) is 16.4. The molecule has 0 spiro atoms. The number of ether oxygens (including phenoxy) is 1. The highest BCUT2D eigenvalue weighted by Crippen LogP contribution is 2.28. The third-order valence-corrected chi connectivity index (χ3v) is 4.05. The van der Waals surface area contributed by atoms with E-state index in [4.69, 9.17) is 4.74 Å². The molecule has 1 aliphatic heterocycles. The van der Waals surface area contributed by atoms with Crippen LogP contribution in [0, 0.1) is 5.82 Å². The standard InChI is InChI=1S/C17H18FN3O2/c1-19-16-13(4-3-6-20-16)17(22)21-7-5-11-9-15(23-2)14(18)8-12(11)10-21/h3-4,6,8-9H,5,7,10H2,1-2H3,(H,19,20). The van der Waals surface area contributed by atoms with Crippen LogP contribution < -0.4 is 10.1 Å². The number of amides is 1. The number of fused-ring (bicyclic) bond motifs is 1. The van der Waals surface area contributed by atoms with Crippen molar-refractivity contribution in [1.29, 1.82) is 0 Å². The average molecular weight is 315 g/mol. The number of hydrogen-bond acceptors (Lipinski definition) is 4. The summed E-state index contributed by atoms with van der Waals surface area (Å²) in [6.07, 6.45) is 2.31. The molecule has 0 radical (unpaired) electrons. The molecule has 6 heteroatoms. The van der Waals surface area contributed by atoms with E-state index in [2.05, 4.69) is 10.3 Å². The topological polar surface area (TPSA) is 54.5 Å². The molecule has 1 aromatic heterocycles. The Morgan fingerprint density at radius 3 is 2.96 bits per heavy atom. The number of hydrogen-bond donors (Lipinski definition) is 1. The quantitative estimate of drug-likeness (QED) is 0.945. The van der Waals surface area contributed by atoms with Gasteiger partial charge in [-0.05, 0) is 41.8 Å². The number of nitrogens with zero attached hydrogens (tertiary/aromatic N) is 2. The fraction of sp³-hybridized carbons (Fsp3) is 0.294. The third kappa shape index (κ3) is 2.84. The normalized spacial score (nSPS) is 13.4. The number of carbonyl (C=O) groups is 1. The fourth-order valence-electron chi connectivity index (χ4n) is 2.83. The summed E-state index contributed by atoms with van der Waals surface area (Å²) in [5, 5.41) is 2.92. The first-order chi connectivity index (χ1) is 11.1. The number of rotatable bonds is 3. The minimum absolute atomic E-state index is 0.107. The molecule has 5 nitrogen and oxygen atoms in total.